The minimum Gasteiger partial charge on any atom is -0.490 e. The monoisotopic (exact) mass is 359 g/mol. The van der Waals surface area contributed by atoms with Crippen molar-refractivity contribution in [2.24, 2.45) is 0 Å². The molecule has 4 heteroatoms. The molecule has 2 heterocycles. The maximum Gasteiger partial charge on any atom is 0.410 e. The first kappa shape index (κ1) is 19.1. The molecule has 2 aliphatic rings. The summed E-state index contributed by atoms with van der Waals surface area (Å²) in [5.74, 6) is 0.945. The molecule has 4 nitrogen and oxygen atoms in total. The average Bonchev–Trinajstić information content (AvgIpc) is 2.84. The van der Waals surface area contributed by atoms with Gasteiger partial charge in [-0.1, -0.05) is 25.5 Å². The van der Waals surface area contributed by atoms with Crippen molar-refractivity contribution < 1.29 is 14.3 Å². The Bertz CT molecular complexity index is 591. The number of carbonyl (C=O) groups excluding carboxylic acids is 1. The van der Waals surface area contributed by atoms with Gasteiger partial charge in [0.1, 0.15) is 17.5 Å². The summed E-state index contributed by atoms with van der Waals surface area (Å²) in [7, 11) is 0. The third kappa shape index (κ3) is 4.72. The lowest BCUT2D eigenvalue weighted by Gasteiger charge is -2.39. The predicted octanol–water partition coefficient (Wildman–Crippen LogP) is 5.34. The molecule has 2 bridgehead atoms. The fourth-order valence-corrected chi connectivity index (χ4v) is 4.14. The largest absolute Gasteiger partial charge is 0.490 e. The SMILES string of the molecule is CCCCc1ccc(O[C@@H]2C[C@H]3CC[C@@H](C2)N3C(=O)OC(C)(C)C)cc1. The van der Waals surface area contributed by atoms with E-state index < -0.39 is 5.60 Å². The number of ether oxygens (including phenoxy) is 2. The summed E-state index contributed by atoms with van der Waals surface area (Å²) in [6, 6.07) is 9.03. The molecule has 1 aromatic rings. The van der Waals surface area contributed by atoms with Crippen LogP contribution in [0.25, 0.3) is 0 Å². The quantitative estimate of drug-likeness (QED) is 0.712. The summed E-state index contributed by atoms with van der Waals surface area (Å²) in [5, 5.41) is 0. The van der Waals surface area contributed by atoms with Crippen molar-refractivity contribution in [3.8, 4) is 5.75 Å². The summed E-state index contributed by atoms with van der Waals surface area (Å²) in [5.41, 5.74) is 0.933. The first-order valence-corrected chi connectivity index (χ1v) is 10.1. The van der Waals surface area contributed by atoms with E-state index in [9.17, 15) is 4.79 Å². The highest BCUT2D eigenvalue weighted by Crippen LogP contribution is 2.38. The van der Waals surface area contributed by atoms with E-state index in [2.05, 4.69) is 31.2 Å². The number of aryl methyl sites for hydroxylation is 1. The van der Waals surface area contributed by atoms with Gasteiger partial charge < -0.3 is 14.4 Å². The van der Waals surface area contributed by atoms with Crippen LogP contribution in [0.4, 0.5) is 4.79 Å². The normalized spacial score (nSPS) is 25.2. The molecule has 26 heavy (non-hydrogen) atoms. The van der Waals surface area contributed by atoms with Crippen LogP contribution in [0, 0.1) is 0 Å². The van der Waals surface area contributed by atoms with Gasteiger partial charge in [0, 0.05) is 24.9 Å². The first-order chi connectivity index (χ1) is 12.4. The summed E-state index contributed by atoms with van der Waals surface area (Å²) in [4.78, 5) is 14.5. The van der Waals surface area contributed by atoms with Crippen molar-refractivity contribution in [2.75, 3.05) is 0 Å². The van der Waals surface area contributed by atoms with Crippen molar-refractivity contribution in [1.29, 1.82) is 0 Å². The van der Waals surface area contributed by atoms with Gasteiger partial charge in [-0.25, -0.2) is 4.79 Å². The zero-order valence-corrected chi connectivity index (χ0v) is 16.7. The van der Waals surface area contributed by atoms with Gasteiger partial charge in [0.25, 0.3) is 0 Å². The van der Waals surface area contributed by atoms with E-state index in [4.69, 9.17) is 9.47 Å². The van der Waals surface area contributed by atoms with Crippen LogP contribution in [0.5, 0.6) is 5.75 Å². The van der Waals surface area contributed by atoms with Crippen LogP contribution in [0.15, 0.2) is 24.3 Å². The third-order valence-corrected chi connectivity index (χ3v) is 5.34. The molecule has 3 rings (SSSR count). The van der Waals surface area contributed by atoms with Gasteiger partial charge in [-0.05, 0) is 64.2 Å². The smallest absolute Gasteiger partial charge is 0.410 e. The molecular formula is C22H33NO3. The molecular weight excluding hydrogens is 326 g/mol. The van der Waals surface area contributed by atoms with E-state index in [0.717, 1.165) is 37.9 Å². The second-order valence-electron chi connectivity index (χ2n) is 8.73. The van der Waals surface area contributed by atoms with Crippen molar-refractivity contribution in [3.63, 3.8) is 0 Å². The van der Waals surface area contributed by atoms with E-state index in [-0.39, 0.29) is 24.3 Å². The zero-order chi connectivity index (χ0) is 18.7. The third-order valence-electron chi connectivity index (χ3n) is 5.34. The van der Waals surface area contributed by atoms with E-state index >= 15 is 0 Å². The van der Waals surface area contributed by atoms with E-state index in [1.807, 2.05) is 25.7 Å². The molecule has 0 spiro atoms. The van der Waals surface area contributed by atoms with Gasteiger partial charge in [0.2, 0.25) is 0 Å². The predicted molar refractivity (Wildman–Crippen MR) is 104 cm³/mol. The topological polar surface area (TPSA) is 38.8 Å². The Morgan fingerprint density at radius 1 is 1.12 bits per heavy atom. The number of amides is 1. The van der Waals surface area contributed by atoms with Crippen LogP contribution in [-0.2, 0) is 11.2 Å². The van der Waals surface area contributed by atoms with Crippen molar-refractivity contribution in [1.82, 2.24) is 4.90 Å². The van der Waals surface area contributed by atoms with Crippen LogP contribution >= 0.6 is 0 Å². The fraction of sp³-hybridized carbons (Fsp3) is 0.682. The van der Waals surface area contributed by atoms with Gasteiger partial charge in [0.05, 0.1) is 0 Å². The second kappa shape index (κ2) is 7.89. The molecule has 0 saturated carbocycles. The fourth-order valence-electron chi connectivity index (χ4n) is 4.14. The Hall–Kier alpha value is -1.71. The Balaban J connectivity index is 1.56. The second-order valence-corrected chi connectivity index (χ2v) is 8.73. The Morgan fingerprint density at radius 3 is 2.27 bits per heavy atom. The molecule has 0 aliphatic carbocycles. The van der Waals surface area contributed by atoms with Gasteiger partial charge in [-0.15, -0.1) is 0 Å². The molecule has 0 N–H and O–H groups in total. The Kier molecular flexibility index (Phi) is 5.79. The van der Waals surface area contributed by atoms with E-state index in [1.165, 1.54) is 18.4 Å². The summed E-state index contributed by atoms with van der Waals surface area (Å²) in [6.45, 7) is 7.99. The van der Waals surface area contributed by atoms with Gasteiger partial charge in [-0.2, -0.15) is 0 Å². The minimum absolute atomic E-state index is 0.163. The van der Waals surface area contributed by atoms with E-state index in [0.29, 0.717) is 0 Å². The molecule has 0 radical (unpaired) electrons. The summed E-state index contributed by atoms with van der Waals surface area (Å²) >= 11 is 0. The lowest BCUT2D eigenvalue weighted by atomic mass is 10.00. The van der Waals surface area contributed by atoms with Crippen molar-refractivity contribution >= 4 is 6.09 Å². The van der Waals surface area contributed by atoms with Crippen LogP contribution in [0.2, 0.25) is 0 Å². The van der Waals surface area contributed by atoms with Crippen LogP contribution < -0.4 is 4.74 Å². The van der Waals surface area contributed by atoms with Gasteiger partial charge >= 0.3 is 6.09 Å². The Morgan fingerprint density at radius 2 is 1.73 bits per heavy atom. The van der Waals surface area contributed by atoms with Crippen LogP contribution in [-0.4, -0.2) is 34.8 Å². The number of nitrogens with zero attached hydrogens (tertiary/aromatic N) is 1. The van der Waals surface area contributed by atoms with Crippen molar-refractivity contribution in [2.45, 2.75) is 96.4 Å². The molecule has 1 aromatic carbocycles. The van der Waals surface area contributed by atoms with Crippen LogP contribution in [0.1, 0.15) is 71.8 Å². The molecule has 1 amide bonds. The van der Waals surface area contributed by atoms with E-state index in [1.54, 1.807) is 0 Å². The zero-order valence-electron chi connectivity index (χ0n) is 16.7. The number of hydrogen-bond donors (Lipinski definition) is 0. The summed E-state index contributed by atoms with van der Waals surface area (Å²) in [6.07, 6.45) is 7.51. The Labute approximate surface area is 157 Å². The summed E-state index contributed by atoms with van der Waals surface area (Å²) < 4.78 is 11.8. The lowest BCUT2D eigenvalue weighted by molar-refractivity contribution is -0.00707. The minimum atomic E-state index is -0.441. The number of benzene rings is 1. The molecule has 0 aromatic heterocycles. The highest BCUT2D eigenvalue weighted by molar-refractivity contribution is 5.69. The molecule has 2 fully saturated rings. The lowest BCUT2D eigenvalue weighted by Crippen LogP contribution is -2.50. The number of fused-ring (bicyclic) bond motifs is 2. The highest BCUT2D eigenvalue weighted by atomic mass is 16.6. The molecule has 144 valence electrons. The standard InChI is InChI=1S/C22H33NO3/c1-5-6-7-16-8-12-19(13-9-16)25-20-14-17-10-11-18(15-20)23(17)21(24)26-22(2,3)4/h8-9,12-13,17-18,20H,5-7,10-11,14-15H2,1-4H3/t17-,18+,20-. The van der Waals surface area contributed by atoms with Gasteiger partial charge in [0.15, 0.2) is 0 Å². The molecule has 2 saturated heterocycles. The maximum atomic E-state index is 12.5. The molecule has 2 aliphatic heterocycles. The number of hydrogen-bond acceptors (Lipinski definition) is 3. The molecule has 3 atom stereocenters. The maximum absolute atomic E-state index is 12.5. The van der Waals surface area contributed by atoms with Crippen molar-refractivity contribution in [3.05, 3.63) is 29.8 Å². The highest BCUT2D eigenvalue weighted by Gasteiger charge is 2.45. The number of piperidine rings is 1. The average molecular weight is 360 g/mol. The number of rotatable bonds is 5. The molecule has 0 unspecified atom stereocenters. The number of carbonyl (C=O) groups is 1. The number of unbranched alkanes of at least 4 members (excludes halogenated alkanes) is 1. The first-order valence-electron chi connectivity index (χ1n) is 10.1. The van der Waals surface area contributed by atoms with Gasteiger partial charge in [-0.3, -0.25) is 0 Å². The van der Waals surface area contributed by atoms with Crippen LogP contribution in [0.3, 0.4) is 0 Å².